The highest BCUT2D eigenvalue weighted by molar-refractivity contribution is 5.86. The molecule has 2 aliphatic rings. The van der Waals surface area contributed by atoms with Gasteiger partial charge in [-0.05, 0) is 62.5 Å². The van der Waals surface area contributed by atoms with Crippen molar-refractivity contribution in [3.8, 4) is 11.5 Å². The molecule has 2 unspecified atom stereocenters. The van der Waals surface area contributed by atoms with Gasteiger partial charge in [-0.25, -0.2) is 0 Å². The lowest BCUT2D eigenvalue weighted by molar-refractivity contribution is 0.226. The maximum Gasteiger partial charge on any atom is 0.161 e. The monoisotopic (exact) mass is 407 g/mol. The normalized spacial score (nSPS) is 25.2. The van der Waals surface area contributed by atoms with E-state index in [1.54, 1.807) is 14.2 Å². The van der Waals surface area contributed by atoms with Gasteiger partial charge in [0.05, 0.1) is 14.2 Å². The van der Waals surface area contributed by atoms with Crippen molar-refractivity contribution in [3.63, 3.8) is 0 Å². The fourth-order valence-electron chi connectivity index (χ4n) is 5.20. The summed E-state index contributed by atoms with van der Waals surface area (Å²) in [5, 5.41) is 4.77. The van der Waals surface area contributed by atoms with Gasteiger partial charge in [0.1, 0.15) is 0 Å². The summed E-state index contributed by atoms with van der Waals surface area (Å²) in [6.45, 7) is 1.99. The number of fused-ring (bicyclic) bond motifs is 1. The van der Waals surface area contributed by atoms with Crippen molar-refractivity contribution in [1.29, 1.82) is 0 Å². The van der Waals surface area contributed by atoms with Crippen LogP contribution in [0.5, 0.6) is 11.5 Å². The van der Waals surface area contributed by atoms with E-state index in [1.165, 1.54) is 23.3 Å². The zero-order valence-corrected chi connectivity index (χ0v) is 18.4. The van der Waals surface area contributed by atoms with Gasteiger partial charge in [0.2, 0.25) is 0 Å². The zero-order valence-electron chi connectivity index (χ0n) is 18.4. The van der Waals surface area contributed by atoms with Gasteiger partial charge in [-0.1, -0.05) is 36.4 Å². The lowest BCUT2D eigenvalue weighted by atomic mass is 9.65. The molecule has 2 aromatic carbocycles. The van der Waals surface area contributed by atoms with Crippen LogP contribution in [-0.2, 0) is 11.8 Å². The second-order valence-electron chi connectivity index (χ2n) is 8.50. The van der Waals surface area contributed by atoms with E-state index in [4.69, 9.17) is 14.6 Å². The summed E-state index contributed by atoms with van der Waals surface area (Å²) in [4.78, 5) is 2.51. The summed E-state index contributed by atoms with van der Waals surface area (Å²) < 4.78 is 11.0. The van der Waals surface area contributed by atoms with Crippen LogP contribution >= 0.6 is 0 Å². The molecule has 1 saturated heterocycles. The summed E-state index contributed by atoms with van der Waals surface area (Å²) in [6, 6.07) is 17.5. The van der Waals surface area contributed by atoms with Crippen LogP contribution in [0.1, 0.15) is 36.8 Å². The molecule has 30 heavy (non-hydrogen) atoms. The molecule has 5 nitrogen and oxygen atoms in total. The minimum atomic E-state index is 0.164. The lowest BCUT2D eigenvalue weighted by Crippen LogP contribution is -2.46. The Labute approximate surface area is 180 Å². The van der Waals surface area contributed by atoms with E-state index >= 15 is 0 Å². The van der Waals surface area contributed by atoms with Crippen molar-refractivity contribution in [3.05, 3.63) is 59.7 Å². The Hall–Kier alpha value is -2.53. The summed E-state index contributed by atoms with van der Waals surface area (Å²) in [5.74, 6) is 1.61. The van der Waals surface area contributed by atoms with Crippen molar-refractivity contribution >= 4 is 5.71 Å². The van der Waals surface area contributed by atoms with E-state index in [1.807, 2.05) is 6.07 Å². The van der Waals surface area contributed by atoms with Crippen LogP contribution < -0.4 is 14.9 Å². The number of nitrogens with one attached hydrogen (secondary N) is 1. The lowest BCUT2D eigenvalue weighted by Gasteiger charge is -2.42. The van der Waals surface area contributed by atoms with E-state index < -0.39 is 0 Å². The highest BCUT2D eigenvalue weighted by Crippen LogP contribution is 2.49. The van der Waals surface area contributed by atoms with Gasteiger partial charge in [-0.15, -0.1) is 0 Å². The van der Waals surface area contributed by atoms with Crippen molar-refractivity contribution in [2.24, 2.45) is 5.10 Å². The van der Waals surface area contributed by atoms with Gasteiger partial charge in [-0.3, -0.25) is 0 Å². The first-order valence-corrected chi connectivity index (χ1v) is 10.9. The average molecular weight is 408 g/mol. The minimum absolute atomic E-state index is 0.164. The number of methoxy groups -OCH3 is 2. The highest BCUT2D eigenvalue weighted by Gasteiger charge is 2.49. The molecule has 0 spiro atoms. The first kappa shape index (κ1) is 20.7. The third-order valence-electron chi connectivity index (χ3n) is 6.93. The molecule has 2 atom stereocenters. The Balaban J connectivity index is 1.46. The molecule has 1 aliphatic carbocycles. The van der Waals surface area contributed by atoms with E-state index in [0.717, 1.165) is 50.3 Å². The smallest absolute Gasteiger partial charge is 0.161 e. The van der Waals surface area contributed by atoms with Gasteiger partial charge in [-0.2, -0.15) is 5.10 Å². The number of benzene rings is 2. The first-order valence-electron chi connectivity index (χ1n) is 10.9. The number of rotatable bonds is 7. The molecule has 0 amide bonds. The number of hydrogen-bond donors (Lipinski definition) is 1. The topological polar surface area (TPSA) is 46.1 Å². The van der Waals surface area contributed by atoms with Gasteiger partial charge in [0, 0.05) is 30.1 Å². The SMILES string of the molecule is COc1ccc(C23CC/C(=N\NCCc4ccccc4)CC2N(C)CC3)cc1OC. The minimum Gasteiger partial charge on any atom is -0.493 e. The molecule has 160 valence electrons. The summed E-state index contributed by atoms with van der Waals surface area (Å²) in [7, 11) is 5.65. The third-order valence-corrected chi connectivity index (χ3v) is 6.93. The number of likely N-dealkylation sites (tertiary alicyclic amines) is 1. The second-order valence-corrected chi connectivity index (χ2v) is 8.50. The van der Waals surface area contributed by atoms with Crippen LogP contribution in [0.4, 0.5) is 0 Å². The van der Waals surface area contributed by atoms with Crippen LogP contribution in [0.2, 0.25) is 0 Å². The molecular weight excluding hydrogens is 374 g/mol. The molecule has 0 bridgehead atoms. The number of likely N-dealkylation sites (N-methyl/N-ethyl adjacent to an activating group) is 1. The van der Waals surface area contributed by atoms with Crippen molar-refractivity contribution < 1.29 is 9.47 Å². The molecule has 1 aliphatic heterocycles. The number of hydrogen-bond acceptors (Lipinski definition) is 5. The largest absolute Gasteiger partial charge is 0.493 e. The average Bonchev–Trinajstić information content (AvgIpc) is 3.14. The highest BCUT2D eigenvalue weighted by atomic mass is 16.5. The summed E-state index contributed by atoms with van der Waals surface area (Å²) in [6.07, 6.45) is 5.35. The maximum atomic E-state index is 5.59. The Bertz CT molecular complexity index is 883. The zero-order chi connectivity index (χ0) is 21.0. The molecule has 2 aromatic rings. The Morgan fingerprint density at radius 2 is 1.87 bits per heavy atom. The van der Waals surface area contributed by atoms with Gasteiger partial charge in [0.25, 0.3) is 0 Å². The Morgan fingerprint density at radius 3 is 2.63 bits per heavy atom. The second kappa shape index (κ2) is 9.09. The van der Waals surface area contributed by atoms with E-state index in [9.17, 15) is 0 Å². The molecular formula is C25H33N3O2. The molecule has 1 N–H and O–H groups in total. The number of hydrazone groups is 1. The molecule has 5 heteroatoms. The van der Waals surface area contributed by atoms with E-state index in [2.05, 4.69) is 59.8 Å². The van der Waals surface area contributed by atoms with Crippen molar-refractivity contribution in [2.45, 2.75) is 43.6 Å². The molecule has 1 heterocycles. The summed E-state index contributed by atoms with van der Waals surface area (Å²) >= 11 is 0. The van der Waals surface area contributed by atoms with E-state index in [0.29, 0.717) is 6.04 Å². The van der Waals surface area contributed by atoms with Gasteiger partial charge >= 0.3 is 0 Å². The van der Waals surface area contributed by atoms with Crippen LogP contribution in [0.25, 0.3) is 0 Å². The van der Waals surface area contributed by atoms with Crippen molar-refractivity contribution in [2.75, 3.05) is 34.4 Å². The first-order chi connectivity index (χ1) is 14.7. The molecule has 4 rings (SSSR count). The fraction of sp³-hybridized carbons (Fsp3) is 0.480. The standard InChI is InChI=1S/C25H33N3O2/c1-28-16-14-25(20-9-10-22(29-2)23(17-20)30-3)13-11-21(18-24(25)28)27-26-15-12-19-7-5-4-6-8-19/h4-10,17,24,26H,11-16,18H2,1-3H3/b27-21+. The van der Waals surface area contributed by atoms with Gasteiger partial charge in [0.15, 0.2) is 11.5 Å². The molecule has 0 radical (unpaired) electrons. The Morgan fingerprint density at radius 1 is 1.07 bits per heavy atom. The maximum absolute atomic E-state index is 5.59. The number of ether oxygens (including phenoxy) is 2. The fourth-order valence-corrected chi connectivity index (χ4v) is 5.20. The molecule has 2 fully saturated rings. The number of nitrogens with zero attached hydrogens (tertiary/aromatic N) is 2. The summed E-state index contributed by atoms with van der Waals surface area (Å²) in [5.41, 5.74) is 7.48. The third kappa shape index (κ3) is 4.04. The van der Waals surface area contributed by atoms with Crippen LogP contribution in [0, 0.1) is 0 Å². The van der Waals surface area contributed by atoms with Crippen LogP contribution in [-0.4, -0.2) is 51.0 Å². The van der Waals surface area contributed by atoms with Gasteiger partial charge < -0.3 is 19.8 Å². The molecule has 0 aromatic heterocycles. The van der Waals surface area contributed by atoms with Crippen molar-refractivity contribution in [1.82, 2.24) is 10.3 Å². The predicted octanol–water partition coefficient (Wildman–Crippen LogP) is 4.02. The Kier molecular flexibility index (Phi) is 6.28. The predicted molar refractivity (Wildman–Crippen MR) is 122 cm³/mol. The molecule has 1 saturated carbocycles. The van der Waals surface area contributed by atoms with Crippen LogP contribution in [0.15, 0.2) is 53.6 Å². The van der Waals surface area contributed by atoms with Crippen LogP contribution in [0.3, 0.4) is 0 Å². The van der Waals surface area contributed by atoms with E-state index in [-0.39, 0.29) is 5.41 Å². The quantitative estimate of drug-likeness (QED) is 0.556.